The number of unbranched alkanes of at least 4 members (excludes halogenated alkanes) is 22. The van der Waals surface area contributed by atoms with Crippen LogP contribution in [0.2, 0.25) is 0 Å². The molecule has 798 valence electrons. The molecule has 4 saturated carbocycles. The molecular formula is C121H167N3O22. The van der Waals surface area contributed by atoms with E-state index in [1.807, 2.05) is 18.2 Å². The van der Waals surface area contributed by atoms with Crippen molar-refractivity contribution in [1.29, 1.82) is 0 Å². The van der Waals surface area contributed by atoms with E-state index in [9.17, 15) is 43.5 Å². The SMILES string of the molecule is CCCCCC=CCC=CCCCCCCCCC(O)(CCCCCCCCC=CCC=CCCCCC)OCCCN(CCCCCC(=O)NCCOCCOCCOC1CC2C(COC(=O)c3ccccc3)C(OC(=O)c3ccccc3)C(OC(=O)c3ccccc3)C12)CCCCCC(=O)NCCOCCOCCOC1C2C(COC(=O)c3ccccc3)C(OC(=O)c3ccccc3)C(OC(=O)c3ccccc3)C12. The number of nitrogens with one attached hydrogen (secondary N) is 2. The summed E-state index contributed by atoms with van der Waals surface area (Å²) in [5.41, 5.74) is 2.11. The van der Waals surface area contributed by atoms with Gasteiger partial charge >= 0.3 is 35.8 Å². The molecule has 25 nitrogen and oxygen atoms in total. The lowest BCUT2D eigenvalue weighted by molar-refractivity contribution is -0.214. The van der Waals surface area contributed by atoms with Gasteiger partial charge in [0.25, 0.3) is 0 Å². The van der Waals surface area contributed by atoms with Crippen LogP contribution in [0.5, 0.6) is 0 Å². The van der Waals surface area contributed by atoms with Crippen LogP contribution >= 0.6 is 0 Å². The van der Waals surface area contributed by atoms with Gasteiger partial charge in [-0.05, 0) is 207 Å². The van der Waals surface area contributed by atoms with Crippen LogP contribution in [0.1, 0.15) is 307 Å². The molecule has 4 fully saturated rings. The first-order valence-electron chi connectivity index (χ1n) is 55.0. The third kappa shape index (κ3) is 44.6. The second-order valence-corrected chi connectivity index (χ2v) is 39.0. The van der Waals surface area contributed by atoms with Gasteiger partial charge in [-0.2, -0.15) is 0 Å². The Bertz CT molecular complexity index is 4670. The first-order valence-corrected chi connectivity index (χ1v) is 55.0. The molecule has 25 heteroatoms. The predicted octanol–water partition coefficient (Wildman–Crippen LogP) is 22.7. The standard InChI is InChI=1S/C121H167N3O22/c1-3-5-7-9-11-13-15-17-19-21-23-25-27-29-31-55-74-121(133,75-56-32-30-28-26-24-22-20-18-16-14-12-10-8-6-4-2)142-81-59-80-124(79-58-40-54-73-106(126)123-77-83-135-85-87-137-89-91-139-112-108-103(94-141-116(128)96-62-43-34-44-63-96)111(144-118(130)98-66-47-36-48-67-98)114(109(108)112)146-120(132)100-70-51-38-52-71-100)78-57-39-53-72-105(125)122-76-82-134-84-86-136-88-90-138-104-92-101-102(93-140-115(127)95-60-41-33-42-61-95)110(143-117(129)97-64-45-35-46-65-97)113(107(101)104)145-119(131)99-68-49-37-50-69-99/h11-14,17-20,33-38,41-52,60-71,101-104,107-114,133H,3-10,15-16,21-32,39-40,53-59,72-94H2,1-2H3,(H,122,125)(H,123,126). The minimum atomic E-state index is -1.17. The first-order chi connectivity index (χ1) is 71.7. The molecule has 2 amide bonds. The molecular weight excluding hydrogens is 1850 g/mol. The Hall–Kier alpha value is -10.3. The fraction of sp³-hybridized carbons (Fsp3) is 0.570. The zero-order chi connectivity index (χ0) is 103. The van der Waals surface area contributed by atoms with Crippen molar-refractivity contribution in [3.05, 3.63) is 264 Å². The summed E-state index contributed by atoms with van der Waals surface area (Å²) >= 11 is 0. The van der Waals surface area contributed by atoms with Gasteiger partial charge < -0.3 is 82.2 Å². The molecule has 0 bridgehead atoms. The van der Waals surface area contributed by atoms with Gasteiger partial charge in [-0.25, -0.2) is 28.8 Å². The van der Waals surface area contributed by atoms with E-state index >= 15 is 0 Å². The summed E-state index contributed by atoms with van der Waals surface area (Å²) in [6.45, 7) is 10.7. The van der Waals surface area contributed by atoms with Crippen LogP contribution in [0.25, 0.3) is 0 Å². The number of hydrogen-bond donors (Lipinski definition) is 3. The van der Waals surface area contributed by atoms with Gasteiger partial charge in [0, 0.05) is 74.9 Å². The maximum atomic E-state index is 13.8. The molecule has 12 unspecified atom stereocenters. The number of fused-ring (bicyclic) bond motifs is 2. The molecule has 6 aromatic rings. The topological polar surface area (TPSA) is 304 Å². The second-order valence-electron chi connectivity index (χ2n) is 39.0. The van der Waals surface area contributed by atoms with Crippen LogP contribution in [-0.4, -0.2) is 219 Å². The monoisotopic (exact) mass is 2010 g/mol. The summed E-state index contributed by atoms with van der Waals surface area (Å²) in [4.78, 5) is 110. The van der Waals surface area contributed by atoms with E-state index in [4.69, 9.17) is 61.6 Å². The van der Waals surface area contributed by atoms with Crippen LogP contribution in [0, 0.1) is 35.5 Å². The number of ether oxygens (including phenoxy) is 13. The largest absolute Gasteiger partial charge is 0.462 e. The van der Waals surface area contributed by atoms with Crippen molar-refractivity contribution in [3.8, 4) is 0 Å². The molecule has 12 atom stereocenters. The third-order valence-electron chi connectivity index (χ3n) is 27.9. The van der Waals surface area contributed by atoms with Crippen molar-refractivity contribution in [3.63, 3.8) is 0 Å². The highest BCUT2D eigenvalue weighted by Crippen LogP contribution is 2.60. The van der Waals surface area contributed by atoms with E-state index in [0.29, 0.717) is 118 Å². The number of carbonyl (C=O) groups excluding carboxylic acids is 8. The highest BCUT2D eigenvalue weighted by Gasteiger charge is 2.71. The Morgan fingerprint density at radius 3 is 1.06 bits per heavy atom. The van der Waals surface area contributed by atoms with Crippen molar-refractivity contribution in [2.24, 2.45) is 35.5 Å². The van der Waals surface area contributed by atoms with Crippen LogP contribution in [0.15, 0.2) is 231 Å². The van der Waals surface area contributed by atoms with Crippen molar-refractivity contribution < 1.29 is 105 Å². The van der Waals surface area contributed by atoms with Crippen molar-refractivity contribution >= 4 is 47.6 Å². The molecule has 4 aliphatic rings. The number of benzene rings is 6. The first kappa shape index (κ1) is 118. The Labute approximate surface area is 868 Å². The van der Waals surface area contributed by atoms with Crippen molar-refractivity contribution in [1.82, 2.24) is 15.5 Å². The van der Waals surface area contributed by atoms with Gasteiger partial charge in [-0.1, -0.05) is 262 Å². The number of esters is 6. The number of carbonyl (C=O) groups is 8. The Morgan fingerprint density at radius 2 is 0.651 bits per heavy atom. The van der Waals surface area contributed by atoms with Gasteiger partial charge in [-0.15, -0.1) is 0 Å². The number of rotatable bonds is 81. The number of allylic oxidation sites excluding steroid dienone is 8. The Kier molecular flexibility index (Phi) is 57.4. The van der Waals surface area contributed by atoms with Gasteiger partial charge in [0.15, 0.2) is 5.79 Å². The molecule has 0 saturated heterocycles. The smallest absolute Gasteiger partial charge is 0.338 e. The minimum absolute atomic E-state index is 0.0339. The molecule has 0 spiro atoms. The normalized spacial score (nSPS) is 19.7. The quantitative estimate of drug-likeness (QED) is 0.0105. The van der Waals surface area contributed by atoms with Crippen molar-refractivity contribution in [2.75, 3.05) is 119 Å². The summed E-state index contributed by atoms with van der Waals surface area (Å²) < 4.78 is 79.6. The maximum absolute atomic E-state index is 13.8. The minimum Gasteiger partial charge on any atom is -0.462 e. The highest BCUT2D eigenvalue weighted by atomic mass is 16.6. The summed E-state index contributed by atoms with van der Waals surface area (Å²) in [7, 11) is 0. The third-order valence-corrected chi connectivity index (χ3v) is 27.9. The molecule has 4 aliphatic carbocycles. The lowest BCUT2D eigenvalue weighted by Crippen LogP contribution is -2.48. The number of hydrogen-bond acceptors (Lipinski definition) is 23. The lowest BCUT2D eigenvalue weighted by atomic mass is 9.69. The summed E-state index contributed by atoms with van der Waals surface area (Å²) in [5.74, 6) is -6.78. The molecule has 10 rings (SSSR count). The van der Waals surface area contributed by atoms with E-state index in [2.05, 4.69) is 78.0 Å². The zero-order valence-electron chi connectivity index (χ0n) is 87.0. The summed E-state index contributed by atoms with van der Waals surface area (Å²) in [5, 5.41) is 18.3. The van der Waals surface area contributed by atoms with Gasteiger partial charge in [0.2, 0.25) is 11.8 Å². The maximum Gasteiger partial charge on any atom is 0.338 e. The zero-order valence-corrected chi connectivity index (χ0v) is 87.0. The molecule has 146 heavy (non-hydrogen) atoms. The van der Waals surface area contributed by atoms with E-state index in [-0.39, 0.29) is 87.8 Å². The molecule has 0 heterocycles. The van der Waals surface area contributed by atoms with E-state index in [1.165, 1.54) is 89.9 Å². The van der Waals surface area contributed by atoms with Gasteiger partial charge in [-0.3, -0.25) is 9.59 Å². The number of amides is 2. The van der Waals surface area contributed by atoms with Crippen LogP contribution in [-0.2, 0) is 71.2 Å². The Balaban J connectivity index is 0.634. The fourth-order valence-corrected chi connectivity index (χ4v) is 19.8. The van der Waals surface area contributed by atoms with Crippen molar-refractivity contribution in [2.45, 2.75) is 287 Å². The summed E-state index contributed by atoms with van der Waals surface area (Å²) in [6, 6.07) is 51.7. The van der Waals surface area contributed by atoms with E-state index in [1.54, 1.807) is 164 Å². The fourth-order valence-electron chi connectivity index (χ4n) is 19.8. The predicted molar refractivity (Wildman–Crippen MR) is 567 cm³/mol. The van der Waals surface area contributed by atoms with Gasteiger partial charge in [0.05, 0.1) is 131 Å². The van der Waals surface area contributed by atoms with Gasteiger partial charge in [0.1, 0.15) is 24.4 Å². The number of nitrogens with zero attached hydrogens (tertiary/aromatic N) is 1. The van der Waals surface area contributed by atoms with Crippen LogP contribution < -0.4 is 10.6 Å². The van der Waals surface area contributed by atoms with Crippen LogP contribution in [0.3, 0.4) is 0 Å². The molecule has 0 aliphatic heterocycles. The second kappa shape index (κ2) is 71.3. The molecule has 0 aromatic heterocycles. The van der Waals surface area contributed by atoms with E-state index in [0.717, 1.165) is 129 Å². The highest BCUT2D eigenvalue weighted by molar-refractivity contribution is 5.92. The average molecular weight is 2020 g/mol. The lowest BCUT2D eigenvalue weighted by Gasteiger charge is -2.43. The van der Waals surface area contributed by atoms with Crippen LogP contribution in [0.4, 0.5) is 0 Å². The summed E-state index contributed by atoms with van der Waals surface area (Å²) in [6.07, 6.45) is 50.2. The number of aliphatic hydroxyl groups is 1. The molecule has 3 N–H and O–H groups in total. The Morgan fingerprint density at radius 1 is 0.322 bits per heavy atom. The average Bonchev–Trinajstić information content (AvgIpc) is 1.59. The van der Waals surface area contributed by atoms with E-state index < -0.39 is 84.0 Å². The molecule has 6 aromatic carbocycles. The molecule has 0 radical (unpaired) electrons.